The number of amides is 3. The van der Waals surface area contributed by atoms with Crippen LogP contribution in [-0.4, -0.2) is 66.1 Å². The number of rotatable bonds is 14. The zero-order chi connectivity index (χ0) is 24.9. The number of aromatic nitrogens is 2. The minimum absolute atomic E-state index is 0.105. The summed E-state index contributed by atoms with van der Waals surface area (Å²) in [4.78, 5) is 35.9. The zero-order valence-electron chi connectivity index (χ0n) is 19.6. The molecule has 0 spiro atoms. The van der Waals surface area contributed by atoms with Crippen molar-refractivity contribution in [3.63, 3.8) is 0 Å². The highest BCUT2D eigenvalue weighted by molar-refractivity contribution is 5.95. The van der Waals surface area contributed by atoms with Crippen molar-refractivity contribution in [3.05, 3.63) is 35.9 Å². The molecule has 0 bridgehead atoms. The highest BCUT2D eigenvalue weighted by Crippen LogP contribution is 2.30. The smallest absolute Gasteiger partial charge is 0.252 e. The molecule has 3 amide bonds. The van der Waals surface area contributed by atoms with Gasteiger partial charge in [0.05, 0.1) is 38.9 Å². The van der Waals surface area contributed by atoms with E-state index in [1.165, 1.54) is 14.2 Å². The van der Waals surface area contributed by atoms with Crippen molar-refractivity contribution in [1.29, 1.82) is 0 Å². The number of methoxy groups -OCH3 is 2. The summed E-state index contributed by atoms with van der Waals surface area (Å²) in [5.41, 5.74) is 1.65. The largest absolute Gasteiger partial charge is 0.480 e. The number of hydrogen-bond acceptors (Lipinski definition) is 8. The van der Waals surface area contributed by atoms with Gasteiger partial charge in [0.15, 0.2) is 0 Å². The molecule has 3 N–H and O–H groups in total. The quantitative estimate of drug-likeness (QED) is 0.124. The fourth-order valence-corrected chi connectivity index (χ4v) is 3.32. The Hall–Kier alpha value is -3.73. The standard InChI is InChI=1S/C23H31N5O6/c1-4-5-6-8-18(13-28(32)15-29)22(31)25-14-24-21(30)17-10-7-9-16(11-17)19-12-20(33-2)26-27-23(19)34-3/h7,9-12,15,18,32H,4-6,8,13-14H2,1-3H3,(H,24,30)(H,25,31). The third-order valence-corrected chi connectivity index (χ3v) is 5.14. The molecule has 0 radical (unpaired) electrons. The molecule has 2 aromatic rings. The summed E-state index contributed by atoms with van der Waals surface area (Å²) in [7, 11) is 2.95. The average molecular weight is 474 g/mol. The molecule has 0 aliphatic heterocycles. The van der Waals surface area contributed by atoms with Crippen LogP contribution in [0.4, 0.5) is 0 Å². The highest BCUT2D eigenvalue weighted by Gasteiger charge is 2.20. The Morgan fingerprint density at radius 1 is 1.15 bits per heavy atom. The first-order valence-corrected chi connectivity index (χ1v) is 11.0. The predicted molar refractivity (Wildman–Crippen MR) is 123 cm³/mol. The molecule has 2 rings (SSSR count). The Kier molecular flexibility index (Phi) is 10.7. The highest BCUT2D eigenvalue weighted by atomic mass is 16.5. The van der Waals surface area contributed by atoms with E-state index >= 15 is 0 Å². The van der Waals surface area contributed by atoms with E-state index in [1.807, 2.05) is 6.92 Å². The van der Waals surface area contributed by atoms with E-state index in [1.54, 1.807) is 30.3 Å². The first kappa shape index (κ1) is 26.5. The molecule has 184 valence electrons. The molecular formula is C23H31N5O6. The first-order valence-electron chi connectivity index (χ1n) is 11.0. The summed E-state index contributed by atoms with van der Waals surface area (Å²) in [6, 6.07) is 8.48. The lowest BCUT2D eigenvalue weighted by molar-refractivity contribution is -0.154. The topological polar surface area (TPSA) is 143 Å². The molecule has 11 heteroatoms. The molecule has 34 heavy (non-hydrogen) atoms. The van der Waals surface area contributed by atoms with Crippen molar-refractivity contribution < 1.29 is 29.1 Å². The fraction of sp³-hybridized carbons (Fsp3) is 0.435. The van der Waals surface area contributed by atoms with Gasteiger partial charge in [0, 0.05) is 11.6 Å². The number of unbranched alkanes of at least 4 members (excludes halogenated alkanes) is 2. The van der Waals surface area contributed by atoms with Gasteiger partial charge in [0.2, 0.25) is 24.1 Å². The zero-order valence-corrected chi connectivity index (χ0v) is 19.6. The van der Waals surface area contributed by atoms with Gasteiger partial charge >= 0.3 is 0 Å². The second kappa shape index (κ2) is 13.7. The second-order valence-electron chi connectivity index (χ2n) is 7.53. The van der Waals surface area contributed by atoms with Gasteiger partial charge in [0.1, 0.15) is 0 Å². The van der Waals surface area contributed by atoms with E-state index in [4.69, 9.17) is 9.47 Å². The molecule has 0 saturated heterocycles. The Balaban J connectivity index is 2.02. The van der Waals surface area contributed by atoms with E-state index in [0.717, 1.165) is 19.3 Å². The van der Waals surface area contributed by atoms with Crippen molar-refractivity contribution in [3.8, 4) is 22.9 Å². The van der Waals surface area contributed by atoms with Crippen LogP contribution in [0.2, 0.25) is 0 Å². The van der Waals surface area contributed by atoms with Gasteiger partial charge in [0.25, 0.3) is 5.91 Å². The van der Waals surface area contributed by atoms with Crippen LogP contribution in [0, 0.1) is 5.92 Å². The maximum absolute atomic E-state index is 12.7. The summed E-state index contributed by atoms with van der Waals surface area (Å²) in [5, 5.41) is 23.1. The van der Waals surface area contributed by atoms with E-state index in [9.17, 15) is 19.6 Å². The molecule has 1 atom stereocenters. The number of carbonyl (C=O) groups is 3. The Morgan fingerprint density at radius 2 is 1.94 bits per heavy atom. The van der Waals surface area contributed by atoms with Crippen molar-refractivity contribution in [2.45, 2.75) is 32.6 Å². The molecule has 1 aromatic carbocycles. The van der Waals surface area contributed by atoms with Gasteiger partial charge < -0.3 is 20.1 Å². The van der Waals surface area contributed by atoms with Gasteiger partial charge in [-0.25, -0.2) is 5.06 Å². The number of hydrogen-bond donors (Lipinski definition) is 3. The van der Waals surface area contributed by atoms with Gasteiger partial charge in [-0.05, 0) is 24.1 Å². The maximum atomic E-state index is 12.7. The molecule has 1 aromatic heterocycles. The van der Waals surface area contributed by atoms with Crippen LogP contribution in [-0.2, 0) is 9.59 Å². The van der Waals surface area contributed by atoms with Crippen molar-refractivity contribution in [1.82, 2.24) is 25.9 Å². The normalized spacial score (nSPS) is 11.3. The van der Waals surface area contributed by atoms with Crippen molar-refractivity contribution in [2.75, 3.05) is 27.4 Å². The first-order chi connectivity index (χ1) is 16.4. The molecule has 0 saturated carbocycles. The number of ether oxygens (including phenoxy) is 2. The number of carbonyl (C=O) groups excluding carboxylic acids is 3. The second-order valence-corrected chi connectivity index (χ2v) is 7.53. The molecule has 1 unspecified atom stereocenters. The third-order valence-electron chi connectivity index (χ3n) is 5.14. The van der Waals surface area contributed by atoms with Crippen LogP contribution in [0.25, 0.3) is 11.1 Å². The minimum Gasteiger partial charge on any atom is -0.480 e. The Bertz CT molecular complexity index is 971. The Morgan fingerprint density at radius 3 is 2.62 bits per heavy atom. The Labute approximate surface area is 198 Å². The molecule has 11 nitrogen and oxygen atoms in total. The SMILES string of the molecule is CCCCCC(CN(O)C=O)C(=O)NCNC(=O)c1cccc(-c2cc(OC)nnc2OC)c1. The number of benzene rings is 1. The number of nitrogens with one attached hydrogen (secondary N) is 2. The van der Waals surface area contributed by atoms with Gasteiger partial charge in [-0.15, -0.1) is 10.2 Å². The maximum Gasteiger partial charge on any atom is 0.252 e. The van der Waals surface area contributed by atoms with Gasteiger partial charge in [-0.2, -0.15) is 0 Å². The monoisotopic (exact) mass is 473 g/mol. The predicted octanol–water partition coefficient (Wildman–Crippen LogP) is 2.01. The lowest BCUT2D eigenvalue weighted by atomic mass is 10.0. The van der Waals surface area contributed by atoms with Crippen LogP contribution in [0.3, 0.4) is 0 Å². The van der Waals surface area contributed by atoms with Crippen LogP contribution in [0.5, 0.6) is 11.8 Å². The third kappa shape index (κ3) is 7.69. The van der Waals surface area contributed by atoms with Crippen LogP contribution < -0.4 is 20.1 Å². The summed E-state index contributed by atoms with van der Waals surface area (Å²) >= 11 is 0. The lowest BCUT2D eigenvalue weighted by Crippen LogP contribution is -2.43. The summed E-state index contributed by atoms with van der Waals surface area (Å²) in [6.45, 7) is 1.83. The van der Waals surface area contributed by atoms with Gasteiger partial charge in [-0.1, -0.05) is 38.3 Å². The molecule has 0 fully saturated rings. The summed E-state index contributed by atoms with van der Waals surface area (Å²) in [6.07, 6.45) is 3.49. The summed E-state index contributed by atoms with van der Waals surface area (Å²) in [5.74, 6) is -0.741. The van der Waals surface area contributed by atoms with E-state index in [2.05, 4.69) is 20.8 Å². The fourth-order valence-electron chi connectivity index (χ4n) is 3.32. The van der Waals surface area contributed by atoms with Crippen LogP contribution in [0.1, 0.15) is 43.0 Å². The van der Waals surface area contributed by atoms with Gasteiger partial charge in [-0.3, -0.25) is 19.6 Å². The van der Waals surface area contributed by atoms with Crippen LogP contribution >= 0.6 is 0 Å². The van der Waals surface area contributed by atoms with Crippen molar-refractivity contribution in [2.24, 2.45) is 5.92 Å². The van der Waals surface area contributed by atoms with Crippen LogP contribution in [0.15, 0.2) is 30.3 Å². The average Bonchev–Trinajstić information content (AvgIpc) is 2.87. The van der Waals surface area contributed by atoms with Crippen molar-refractivity contribution >= 4 is 18.2 Å². The molecular weight excluding hydrogens is 442 g/mol. The van der Waals surface area contributed by atoms with E-state index < -0.39 is 11.8 Å². The number of nitrogens with zero attached hydrogens (tertiary/aromatic N) is 3. The number of hydroxylamine groups is 2. The molecule has 0 aliphatic rings. The molecule has 1 heterocycles. The van der Waals surface area contributed by atoms with E-state index in [0.29, 0.717) is 34.1 Å². The lowest BCUT2D eigenvalue weighted by Gasteiger charge is -2.19. The summed E-state index contributed by atoms with van der Waals surface area (Å²) < 4.78 is 10.4. The minimum atomic E-state index is -0.580. The van der Waals surface area contributed by atoms with E-state index in [-0.39, 0.29) is 31.4 Å². The molecule has 0 aliphatic carbocycles.